The Morgan fingerprint density at radius 2 is 2.06 bits per heavy atom. The maximum absolute atomic E-state index is 12.3. The van der Waals surface area contributed by atoms with Gasteiger partial charge in [0.1, 0.15) is 0 Å². The van der Waals surface area contributed by atoms with Crippen molar-refractivity contribution in [1.29, 1.82) is 0 Å². The molecular formula is C15H22N2O. The van der Waals surface area contributed by atoms with E-state index in [9.17, 15) is 4.79 Å². The van der Waals surface area contributed by atoms with Crippen LogP contribution in [0.1, 0.15) is 37.8 Å². The zero-order chi connectivity index (χ0) is 13.1. The Balaban J connectivity index is 2.13. The predicted octanol–water partition coefficient (Wildman–Crippen LogP) is 2.03. The van der Waals surface area contributed by atoms with Gasteiger partial charge >= 0.3 is 0 Å². The summed E-state index contributed by atoms with van der Waals surface area (Å²) in [6, 6.07) is 8.41. The molecule has 3 nitrogen and oxygen atoms in total. The van der Waals surface area contributed by atoms with E-state index in [1.54, 1.807) is 0 Å². The minimum absolute atomic E-state index is 0.0591. The number of amides is 1. The molecular weight excluding hydrogens is 224 g/mol. The molecule has 1 aliphatic heterocycles. The molecule has 3 heteroatoms. The van der Waals surface area contributed by atoms with E-state index in [2.05, 4.69) is 43.5 Å². The van der Waals surface area contributed by atoms with Gasteiger partial charge in [-0.05, 0) is 24.0 Å². The van der Waals surface area contributed by atoms with E-state index in [4.69, 9.17) is 0 Å². The van der Waals surface area contributed by atoms with Crippen molar-refractivity contribution in [2.24, 2.45) is 5.92 Å². The number of carbonyl (C=O) groups excluding carboxylic acids is 1. The van der Waals surface area contributed by atoms with Crippen molar-refractivity contribution in [1.82, 2.24) is 10.6 Å². The summed E-state index contributed by atoms with van der Waals surface area (Å²) in [5.74, 6) is 0.535. The predicted molar refractivity (Wildman–Crippen MR) is 73.3 cm³/mol. The molecule has 18 heavy (non-hydrogen) atoms. The fourth-order valence-electron chi connectivity index (χ4n) is 2.22. The molecule has 0 radical (unpaired) electrons. The molecule has 2 atom stereocenters. The van der Waals surface area contributed by atoms with Crippen LogP contribution in [0.4, 0.5) is 0 Å². The molecule has 2 unspecified atom stereocenters. The van der Waals surface area contributed by atoms with E-state index in [-0.39, 0.29) is 17.9 Å². The van der Waals surface area contributed by atoms with Crippen LogP contribution in [0.5, 0.6) is 0 Å². The molecule has 0 bridgehead atoms. The third-order valence-electron chi connectivity index (χ3n) is 3.78. The van der Waals surface area contributed by atoms with Crippen LogP contribution in [0.15, 0.2) is 24.3 Å². The van der Waals surface area contributed by atoms with E-state index >= 15 is 0 Å². The second-order valence-corrected chi connectivity index (χ2v) is 5.42. The SMILES string of the molecule is CC(C)C(C)NC(=O)C1CNCc2ccccc21. The van der Waals surface area contributed by atoms with E-state index in [1.165, 1.54) is 11.1 Å². The Hall–Kier alpha value is -1.35. The Morgan fingerprint density at radius 1 is 1.33 bits per heavy atom. The van der Waals surface area contributed by atoms with Crippen LogP contribution in [-0.2, 0) is 11.3 Å². The molecule has 0 aliphatic carbocycles. The van der Waals surface area contributed by atoms with Crippen LogP contribution < -0.4 is 10.6 Å². The molecule has 1 aromatic carbocycles. The lowest BCUT2D eigenvalue weighted by molar-refractivity contribution is -0.123. The van der Waals surface area contributed by atoms with E-state index in [0.29, 0.717) is 5.92 Å². The summed E-state index contributed by atoms with van der Waals surface area (Å²) in [5, 5.41) is 6.42. The number of nitrogens with one attached hydrogen (secondary N) is 2. The highest BCUT2D eigenvalue weighted by atomic mass is 16.2. The van der Waals surface area contributed by atoms with Crippen LogP contribution in [0.3, 0.4) is 0 Å². The lowest BCUT2D eigenvalue weighted by Crippen LogP contribution is -2.43. The number of hydrogen-bond donors (Lipinski definition) is 2. The van der Waals surface area contributed by atoms with Crippen molar-refractivity contribution in [2.75, 3.05) is 6.54 Å². The third kappa shape index (κ3) is 2.72. The average molecular weight is 246 g/mol. The summed E-state index contributed by atoms with van der Waals surface area (Å²) in [5.41, 5.74) is 2.41. The van der Waals surface area contributed by atoms with Crippen LogP contribution in [0, 0.1) is 5.92 Å². The van der Waals surface area contributed by atoms with E-state index < -0.39 is 0 Å². The smallest absolute Gasteiger partial charge is 0.229 e. The molecule has 2 N–H and O–H groups in total. The van der Waals surface area contributed by atoms with Gasteiger partial charge in [0.2, 0.25) is 5.91 Å². The van der Waals surface area contributed by atoms with E-state index in [0.717, 1.165) is 13.1 Å². The first-order valence-corrected chi connectivity index (χ1v) is 6.68. The van der Waals surface area contributed by atoms with Gasteiger partial charge in [-0.1, -0.05) is 38.1 Å². The maximum atomic E-state index is 12.3. The summed E-state index contributed by atoms with van der Waals surface area (Å²) in [4.78, 5) is 12.3. The minimum Gasteiger partial charge on any atom is -0.353 e. The molecule has 0 spiro atoms. The molecule has 1 heterocycles. The molecule has 2 rings (SSSR count). The molecule has 0 saturated heterocycles. The van der Waals surface area contributed by atoms with Gasteiger partial charge in [0.25, 0.3) is 0 Å². The summed E-state index contributed by atoms with van der Waals surface area (Å²) in [6.45, 7) is 7.90. The number of hydrogen-bond acceptors (Lipinski definition) is 2. The molecule has 1 aromatic rings. The fourth-order valence-corrected chi connectivity index (χ4v) is 2.22. The first kappa shape index (κ1) is 13.1. The minimum atomic E-state index is -0.0591. The monoisotopic (exact) mass is 246 g/mol. The van der Waals surface area contributed by atoms with Gasteiger partial charge in [-0.2, -0.15) is 0 Å². The van der Waals surface area contributed by atoms with Crippen LogP contribution in [-0.4, -0.2) is 18.5 Å². The highest BCUT2D eigenvalue weighted by Gasteiger charge is 2.27. The van der Waals surface area contributed by atoms with Crippen LogP contribution in [0.25, 0.3) is 0 Å². The van der Waals surface area contributed by atoms with Crippen LogP contribution >= 0.6 is 0 Å². The maximum Gasteiger partial charge on any atom is 0.229 e. The van der Waals surface area contributed by atoms with Crippen molar-refractivity contribution < 1.29 is 4.79 Å². The number of rotatable bonds is 3. The highest BCUT2D eigenvalue weighted by molar-refractivity contribution is 5.84. The van der Waals surface area contributed by atoms with Gasteiger partial charge in [0, 0.05) is 19.1 Å². The Bertz CT molecular complexity index is 428. The second-order valence-electron chi connectivity index (χ2n) is 5.42. The first-order chi connectivity index (χ1) is 8.59. The van der Waals surface area contributed by atoms with Crippen LogP contribution in [0.2, 0.25) is 0 Å². The summed E-state index contributed by atoms with van der Waals surface area (Å²) in [6.07, 6.45) is 0. The highest BCUT2D eigenvalue weighted by Crippen LogP contribution is 2.24. The lowest BCUT2D eigenvalue weighted by atomic mass is 9.90. The molecule has 0 aromatic heterocycles. The Labute approximate surface area is 109 Å². The van der Waals surface area contributed by atoms with Gasteiger partial charge in [-0.3, -0.25) is 4.79 Å². The summed E-state index contributed by atoms with van der Waals surface area (Å²) >= 11 is 0. The molecule has 1 amide bonds. The zero-order valence-corrected chi connectivity index (χ0v) is 11.4. The molecule has 0 fully saturated rings. The first-order valence-electron chi connectivity index (χ1n) is 6.68. The topological polar surface area (TPSA) is 41.1 Å². The summed E-state index contributed by atoms with van der Waals surface area (Å²) < 4.78 is 0. The molecule has 1 aliphatic rings. The number of fused-ring (bicyclic) bond motifs is 1. The molecule has 0 saturated carbocycles. The normalized spacial score (nSPS) is 20.3. The van der Waals surface area contributed by atoms with Crippen molar-refractivity contribution in [3.8, 4) is 0 Å². The van der Waals surface area contributed by atoms with E-state index in [1.807, 2.05) is 12.1 Å². The van der Waals surface area contributed by atoms with Gasteiger partial charge in [0.15, 0.2) is 0 Å². The summed E-state index contributed by atoms with van der Waals surface area (Å²) in [7, 11) is 0. The van der Waals surface area contributed by atoms with Gasteiger partial charge in [-0.15, -0.1) is 0 Å². The quantitative estimate of drug-likeness (QED) is 0.857. The Kier molecular flexibility index (Phi) is 4.02. The Morgan fingerprint density at radius 3 is 2.78 bits per heavy atom. The standard InChI is InChI=1S/C15H22N2O/c1-10(2)11(3)17-15(18)14-9-16-8-12-6-4-5-7-13(12)14/h4-7,10-11,14,16H,8-9H2,1-3H3,(H,17,18). The van der Waals surface area contributed by atoms with Crippen molar-refractivity contribution in [3.05, 3.63) is 35.4 Å². The third-order valence-corrected chi connectivity index (χ3v) is 3.78. The van der Waals surface area contributed by atoms with Gasteiger partial charge in [-0.25, -0.2) is 0 Å². The lowest BCUT2D eigenvalue weighted by Gasteiger charge is -2.27. The van der Waals surface area contributed by atoms with Gasteiger partial charge in [0.05, 0.1) is 5.92 Å². The molecule has 98 valence electrons. The zero-order valence-electron chi connectivity index (χ0n) is 11.4. The van der Waals surface area contributed by atoms with Crippen molar-refractivity contribution >= 4 is 5.91 Å². The fraction of sp³-hybridized carbons (Fsp3) is 0.533. The number of carbonyl (C=O) groups is 1. The van der Waals surface area contributed by atoms with Crippen molar-refractivity contribution in [2.45, 2.75) is 39.3 Å². The van der Waals surface area contributed by atoms with Crippen molar-refractivity contribution in [3.63, 3.8) is 0 Å². The largest absolute Gasteiger partial charge is 0.353 e. The second kappa shape index (κ2) is 5.53. The average Bonchev–Trinajstić information content (AvgIpc) is 2.37. The number of benzene rings is 1. The van der Waals surface area contributed by atoms with Gasteiger partial charge < -0.3 is 10.6 Å².